The van der Waals surface area contributed by atoms with Gasteiger partial charge in [0.05, 0.1) is 12.6 Å². The van der Waals surface area contributed by atoms with E-state index in [1.807, 2.05) is 18.2 Å². The number of hydrogen-bond donors (Lipinski definition) is 3. The number of carbonyl (C=O) groups excluding carboxylic acids is 1. The molecule has 2 heterocycles. The molecule has 3 N–H and O–H groups in total. The van der Waals surface area contributed by atoms with Gasteiger partial charge in [-0.05, 0) is 61.5 Å². The van der Waals surface area contributed by atoms with E-state index in [1.54, 1.807) is 11.7 Å². The minimum Gasteiger partial charge on any atom is -0.497 e. The van der Waals surface area contributed by atoms with Crippen LogP contribution in [0.15, 0.2) is 23.0 Å². The normalized spacial score (nSPS) is 21.2. The number of fused-ring (bicyclic) bond motifs is 3. The van der Waals surface area contributed by atoms with Crippen molar-refractivity contribution in [1.29, 1.82) is 0 Å². The van der Waals surface area contributed by atoms with Gasteiger partial charge in [-0.1, -0.05) is 26.7 Å². The number of ether oxygens (including phenoxy) is 1. The molecule has 1 amide bonds. The Kier molecular flexibility index (Phi) is 6.69. The molecule has 8 heteroatoms. The number of hydrogen-bond acceptors (Lipinski definition) is 4. The van der Waals surface area contributed by atoms with Crippen LogP contribution >= 0.6 is 12.2 Å². The van der Waals surface area contributed by atoms with E-state index >= 15 is 0 Å². The molecular formula is C24H32N4O3S. The number of benzene rings is 1. The Morgan fingerprint density at radius 3 is 2.81 bits per heavy atom. The number of nitrogens with one attached hydrogen (secondary N) is 3. The quantitative estimate of drug-likeness (QED) is 0.356. The molecule has 32 heavy (non-hydrogen) atoms. The standard InChI is InChI=1S/C24H32N4O3S/c1-14-7-6-8-18(15(14)2)25-20(29)9-4-5-12-28-23(30)22-21(27-24(28)32)17-13-16(31-3)10-11-19(17)26-22/h10-11,13-15,18,26H,4-9,12H2,1-3H3,(H,25,29)(H,27,32)/t14-,15-,18-/m1/s1. The van der Waals surface area contributed by atoms with E-state index < -0.39 is 0 Å². The van der Waals surface area contributed by atoms with Crippen LogP contribution in [0.5, 0.6) is 5.75 Å². The fraction of sp³-hybridized carbons (Fsp3) is 0.542. The summed E-state index contributed by atoms with van der Waals surface area (Å²) in [4.78, 5) is 31.9. The van der Waals surface area contributed by atoms with Crippen molar-refractivity contribution in [3.63, 3.8) is 0 Å². The summed E-state index contributed by atoms with van der Waals surface area (Å²) in [6, 6.07) is 5.91. The second-order valence-corrected chi connectivity index (χ2v) is 9.46. The zero-order valence-corrected chi connectivity index (χ0v) is 19.8. The number of amides is 1. The first kappa shape index (κ1) is 22.6. The Morgan fingerprint density at radius 2 is 2.03 bits per heavy atom. The molecule has 0 radical (unpaired) electrons. The molecule has 0 saturated heterocycles. The Hall–Kier alpha value is -2.61. The van der Waals surface area contributed by atoms with Crippen molar-refractivity contribution in [2.24, 2.45) is 11.8 Å². The Labute approximate surface area is 192 Å². The van der Waals surface area contributed by atoms with E-state index in [9.17, 15) is 9.59 Å². The highest BCUT2D eigenvalue weighted by atomic mass is 32.1. The lowest BCUT2D eigenvalue weighted by Gasteiger charge is -2.34. The van der Waals surface area contributed by atoms with E-state index in [0.717, 1.165) is 23.1 Å². The monoisotopic (exact) mass is 456 g/mol. The topological polar surface area (TPSA) is 91.9 Å². The van der Waals surface area contributed by atoms with Gasteiger partial charge in [0.2, 0.25) is 5.91 Å². The number of rotatable bonds is 7. The lowest BCUT2D eigenvalue weighted by molar-refractivity contribution is -0.122. The minimum absolute atomic E-state index is 0.105. The van der Waals surface area contributed by atoms with Crippen LogP contribution in [0.1, 0.15) is 52.4 Å². The minimum atomic E-state index is -0.145. The van der Waals surface area contributed by atoms with Crippen LogP contribution in [0.25, 0.3) is 21.9 Å². The number of nitrogens with zero attached hydrogens (tertiary/aromatic N) is 1. The molecule has 0 bridgehead atoms. The van der Waals surface area contributed by atoms with Crippen molar-refractivity contribution in [3.05, 3.63) is 33.3 Å². The van der Waals surface area contributed by atoms with Crippen molar-refractivity contribution >= 4 is 40.1 Å². The average Bonchev–Trinajstić information content (AvgIpc) is 3.14. The third-order valence-electron chi connectivity index (χ3n) is 7.03. The van der Waals surface area contributed by atoms with Gasteiger partial charge in [-0.3, -0.25) is 14.2 Å². The lowest BCUT2D eigenvalue weighted by atomic mass is 9.78. The maximum Gasteiger partial charge on any atom is 0.278 e. The number of aromatic amines is 2. The average molecular weight is 457 g/mol. The summed E-state index contributed by atoms with van der Waals surface area (Å²) in [5.41, 5.74) is 1.90. The zero-order chi connectivity index (χ0) is 22.8. The van der Waals surface area contributed by atoms with Gasteiger partial charge in [0.15, 0.2) is 4.77 Å². The van der Waals surface area contributed by atoms with Crippen LogP contribution in [0.2, 0.25) is 0 Å². The smallest absolute Gasteiger partial charge is 0.278 e. The number of unbranched alkanes of at least 4 members (excludes halogenated alkanes) is 1. The molecule has 2 aromatic heterocycles. The van der Waals surface area contributed by atoms with Gasteiger partial charge >= 0.3 is 0 Å². The van der Waals surface area contributed by atoms with E-state index in [0.29, 0.717) is 53.4 Å². The molecular weight excluding hydrogens is 424 g/mol. The third kappa shape index (κ3) is 4.46. The number of aromatic nitrogens is 3. The van der Waals surface area contributed by atoms with Gasteiger partial charge in [0.25, 0.3) is 5.56 Å². The van der Waals surface area contributed by atoms with Crippen molar-refractivity contribution in [3.8, 4) is 5.75 Å². The first-order valence-electron chi connectivity index (χ1n) is 11.5. The molecule has 0 unspecified atom stereocenters. The zero-order valence-electron chi connectivity index (χ0n) is 19.0. The summed E-state index contributed by atoms with van der Waals surface area (Å²) in [6.07, 6.45) is 5.39. The van der Waals surface area contributed by atoms with Crippen LogP contribution in [-0.4, -0.2) is 33.6 Å². The van der Waals surface area contributed by atoms with Crippen molar-refractivity contribution < 1.29 is 9.53 Å². The summed E-state index contributed by atoms with van der Waals surface area (Å²) in [7, 11) is 1.61. The van der Waals surface area contributed by atoms with Crippen LogP contribution < -0.4 is 15.6 Å². The van der Waals surface area contributed by atoms with E-state index in [-0.39, 0.29) is 17.5 Å². The second kappa shape index (κ2) is 9.48. The first-order valence-corrected chi connectivity index (χ1v) is 11.9. The molecule has 3 atom stereocenters. The van der Waals surface area contributed by atoms with Gasteiger partial charge in [0, 0.05) is 29.9 Å². The predicted octanol–water partition coefficient (Wildman–Crippen LogP) is 4.66. The summed E-state index contributed by atoms with van der Waals surface area (Å²) in [5, 5.41) is 4.09. The molecule has 3 aromatic rings. The van der Waals surface area contributed by atoms with Crippen molar-refractivity contribution in [2.75, 3.05) is 7.11 Å². The molecule has 1 aromatic carbocycles. The van der Waals surface area contributed by atoms with Crippen LogP contribution in [0.4, 0.5) is 0 Å². The van der Waals surface area contributed by atoms with Crippen LogP contribution in [-0.2, 0) is 11.3 Å². The van der Waals surface area contributed by atoms with Gasteiger partial charge in [-0.25, -0.2) is 0 Å². The van der Waals surface area contributed by atoms with E-state index in [1.165, 1.54) is 12.8 Å². The highest BCUT2D eigenvalue weighted by Crippen LogP contribution is 2.29. The molecule has 0 aliphatic heterocycles. The fourth-order valence-electron chi connectivity index (χ4n) is 4.81. The maximum atomic E-state index is 13.1. The number of H-pyrrole nitrogens is 2. The maximum absolute atomic E-state index is 13.1. The van der Waals surface area contributed by atoms with Crippen LogP contribution in [0.3, 0.4) is 0 Å². The van der Waals surface area contributed by atoms with Gasteiger partial charge < -0.3 is 20.0 Å². The van der Waals surface area contributed by atoms with E-state index in [4.69, 9.17) is 17.0 Å². The first-order chi connectivity index (χ1) is 15.4. The molecule has 0 spiro atoms. The predicted molar refractivity (Wildman–Crippen MR) is 130 cm³/mol. The van der Waals surface area contributed by atoms with Gasteiger partial charge in [0.1, 0.15) is 11.3 Å². The molecule has 1 aliphatic carbocycles. The molecule has 1 aliphatic rings. The second-order valence-electron chi connectivity index (χ2n) is 9.07. The summed E-state index contributed by atoms with van der Waals surface area (Å²) >= 11 is 5.47. The van der Waals surface area contributed by atoms with Crippen molar-refractivity contribution in [2.45, 2.75) is 65.0 Å². The Morgan fingerprint density at radius 1 is 1.22 bits per heavy atom. The SMILES string of the molecule is COc1ccc2[nH]c3c(=O)n(CCCCC(=O)N[C@@H]4CCC[C@@H](C)[C@H]4C)c(=S)[nH]c3c2c1. The fourth-order valence-corrected chi connectivity index (χ4v) is 5.09. The van der Waals surface area contributed by atoms with E-state index in [2.05, 4.69) is 29.1 Å². The summed E-state index contributed by atoms with van der Waals surface area (Å²) < 4.78 is 7.26. The summed E-state index contributed by atoms with van der Waals surface area (Å²) in [5.74, 6) is 2.00. The van der Waals surface area contributed by atoms with Gasteiger partial charge in [-0.15, -0.1) is 0 Å². The molecule has 4 rings (SSSR count). The lowest BCUT2D eigenvalue weighted by Crippen LogP contribution is -2.43. The highest BCUT2D eigenvalue weighted by molar-refractivity contribution is 7.71. The Bertz CT molecular complexity index is 1240. The Balaban J connectivity index is 1.40. The number of methoxy groups -OCH3 is 1. The third-order valence-corrected chi connectivity index (χ3v) is 7.35. The largest absolute Gasteiger partial charge is 0.497 e. The number of carbonyl (C=O) groups is 1. The molecule has 1 saturated carbocycles. The summed E-state index contributed by atoms with van der Waals surface area (Å²) in [6.45, 7) is 4.98. The van der Waals surface area contributed by atoms with Crippen molar-refractivity contribution in [1.82, 2.24) is 19.9 Å². The molecule has 172 valence electrons. The van der Waals surface area contributed by atoms with Gasteiger partial charge in [-0.2, -0.15) is 0 Å². The van der Waals surface area contributed by atoms with Crippen LogP contribution in [0, 0.1) is 16.6 Å². The molecule has 1 fully saturated rings. The highest BCUT2D eigenvalue weighted by Gasteiger charge is 2.27. The molecule has 7 nitrogen and oxygen atoms in total.